The van der Waals surface area contributed by atoms with Crippen molar-refractivity contribution < 1.29 is 17.6 Å². The van der Waals surface area contributed by atoms with Gasteiger partial charge in [0.25, 0.3) is 5.91 Å². The van der Waals surface area contributed by atoms with Gasteiger partial charge in [0.15, 0.2) is 5.76 Å². The van der Waals surface area contributed by atoms with Crippen molar-refractivity contribution in [2.45, 2.75) is 31.1 Å². The quantitative estimate of drug-likeness (QED) is 0.715. The van der Waals surface area contributed by atoms with Crippen LogP contribution in [0.4, 0.5) is 5.69 Å². The highest BCUT2D eigenvalue weighted by molar-refractivity contribution is 7.89. The van der Waals surface area contributed by atoms with Crippen LogP contribution >= 0.6 is 0 Å². The zero-order valence-corrected chi connectivity index (χ0v) is 16.5. The van der Waals surface area contributed by atoms with Crippen LogP contribution in [0.5, 0.6) is 0 Å². The molecule has 4 rings (SSSR count). The Kier molecular flexibility index (Phi) is 4.95. The minimum atomic E-state index is -3.58. The number of carbonyl (C=O) groups is 1. The maximum absolute atomic E-state index is 13.0. The molecule has 3 aromatic rings. The molecule has 1 saturated heterocycles. The van der Waals surface area contributed by atoms with E-state index in [-0.39, 0.29) is 10.7 Å². The number of sulfonamides is 1. The molecule has 0 radical (unpaired) electrons. The van der Waals surface area contributed by atoms with Crippen molar-refractivity contribution in [1.29, 1.82) is 0 Å². The van der Waals surface area contributed by atoms with Crippen LogP contribution in [-0.4, -0.2) is 31.7 Å². The summed E-state index contributed by atoms with van der Waals surface area (Å²) in [7, 11) is -3.58. The maximum atomic E-state index is 13.0. The van der Waals surface area contributed by atoms with E-state index in [2.05, 4.69) is 5.32 Å². The number of piperidine rings is 1. The first-order valence-electron chi connectivity index (χ1n) is 9.36. The Balaban J connectivity index is 1.60. The summed E-state index contributed by atoms with van der Waals surface area (Å²) in [5.74, 6) is -0.233. The molecular weight excluding hydrogens is 376 g/mol. The Morgan fingerprint density at radius 2 is 1.79 bits per heavy atom. The zero-order valence-electron chi connectivity index (χ0n) is 15.6. The largest absolute Gasteiger partial charge is 0.451 e. The summed E-state index contributed by atoms with van der Waals surface area (Å²) in [5.41, 5.74) is 1.71. The van der Waals surface area contributed by atoms with Gasteiger partial charge in [-0.1, -0.05) is 30.7 Å². The molecule has 0 spiro atoms. The van der Waals surface area contributed by atoms with Crippen LogP contribution in [0, 0.1) is 6.92 Å². The summed E-state index contributed by atoms with van der Waals surface area (Å²) in [6, 6.07) is 14.0. The van der Waals surface area contributed by atoms with Gasteiger partial charge >= 0.3 is 0 Å². The van der Waals surface area contributed by atoms with E-state index >= 15 is 0 Å². The van der Waals surface area contributed by atoms with Gasteiger partial charge < -0.3 is 9.73 Å². The van der Waals surface area contributed by atoms with Crippen LogP contribution in [0.15, 0.2) is 57.8 Å². The number of hydrogen-bond acceptors (Lipinski definition) is 4. The number of furan rings is 1. The molecule has 1 N–H and O–H groups in total. The molecule has 2 heterocycles. The molecule has 0 saturated carbocycles. The van der Waals surface area contributed by atoms with Crippen LogP contribution in [-0.2, 0) is 10.0 Å². The molecule has 1 aromatic heterocycles. The van der Waals surface area contributed by atoms with E-state index in [9.17, 15) is 13.2 Å². The molecule has 1 fully saturated rings. The second-order valence-electron chi connectivity index (χ2n) is 7.05. The monoisotopic (exact) mass is 398 g/mol. The van der Waals surface area contributed by atoms with Crippen molar-refractivity contribution in [3.05, 3.63) is 59.9 Å². The normalized spacial score (nSPS) is 15.6. The van der Waals surface area contributed by atoms with Gasteiger partial charge in [-0.25, -0.2) is 8.42 Å². The number of carbonyl (C=O) groups excluding carboxylic acids is 1. The molecule has 1 amide bonds. The van der Waals surface area contributed by atoms with E-state index in [0.717, 1.165) is 24.6 Å². The molecule has 1 aliphatic heterocycles. The van der Waals surface area contributed by atoms with E-state index in [1.807, 2.05) is 18.2 Å². The molecule has 7 heteroatoms. The van der Waals surface area contributed by atoms with Crippen molar-refractivity contribution in [3.8, 4) is 0 Å². The Morgan fingerprint density at radius 1 is 1.04 bits per heavy atom. The Morgan fingerprint density at radius 3 is 2.54 bits per heavy atom. The molecule has 0 bridgehead atoms. The number of fused-ring (bicyclic) bond motifs is 1. The summed E-state index contributed by atoms with van der Waals surface area (Å²) < 4.78 is 33.2. The molecule has 0 aliphatic carbocycles. The summed E-state index contributed by atoms with van der Waals surface area (Å²) >= 11 is 0. The predicted octanol–water partition coefficient (Wildman–Crippen LogP) is 4.17. The summed E-state index contributed by atoms with van der Waals surface area (Å²) in [5, 5.41) is 3.58. The number of nitrogens with one attached hydrogen (secondary N) is 1. The van der Waals surface area contributed by atoms with Gasteiger partial charge in [-0.2, -0.15) is 4.31 Å². The lowest BCUT2D eigenvalue weighted by molar-refractivity contribution is 0.0998. The number of aryl methyl sites for hydroxylation is 1. The molecule has 2 aromatic carbocycles. The van der Waals surface area contributed by atoms with Crippen molar-refractivity contribution in [1.82, 2.24) is 4.31 Å². The topological polar surface area (TPSA) is 79.6 Å². The van der Waals surface area contributed by atoms with Gasteiger partial charge in [0.2, 0.25) is 10.0 Å². The lowest BCUT2D eigenvalue weighted by Crippen LogP contribution is -2.36. The highest BCUT2D eigenvalue weighted by atomic mass is 32.2. The fourth-order valence-electron chi connectivity index (χ4n) is 3.49. The van der Waals surface area contributed by atoms with Crippen molar-refractivity contribution >= 4 is 32.6 Å². The lowest BCUT2D eigenvalue weighted by Gasteiger charge is -2.26. The number of rotatable bonds is 4. The van der Waals surface area contributed by atoms with Crippen LogP contribution in [0.3, 0.4) is 0 Å². The van der Waals surface area contributed by atoms with E-state index < -0.39 is 15.9 Å². The third-order valence-corrected chi connectivity index (χ3v) is 7.07. The first-order valence-corrected chi connectivity index (χ1v) is 10.8. The van der Waals surface area contributed by atoms with Crippen LogP contribution in [0.25, 0.3) is 11.0 Å². The van der Waals surface area contributed by atoms with Gasteiger partial charge in [-0.3, -0.25) is 4.79 Å². The summed E-state index contributed by atoms with van der Waals surface area (Å²) in [4.78, 5) is 12.8. The van der Waals surface area contributed by atoms with Crippen LogP contribution in [0.1, 0.15) is 35.4 Å². The minimum absolute atomic E-state index is 0.183. The Bertz CT molecular complexity index is 1100. The first kappa shape index (κ1) is 18.7. The minimum Gasteiger partial charge on any atom is -0.451 e. The third-order valence-electron chi connectivity index (χ3n) is 5.03. The van der Waals surface area contributed by atoms with Gasteiger partial charge in [-0.05, 0) is 49.6 Å². The van der Waals surface area contributed by atoms with Gasteiger partial charge in [0.1, 0.15) is 5.58 Å². The SMILES string of the molecule is Cc1ccc(NC(=O)c2cc3ccccc3o2)cc1S(=O)(=O)N1CCCCC1. The number of amides is 1. The summed E-state index contributed by atoms with van der Waals surface area (Å²) in [6.45, 7) is 2.84. The molecule has 28 heavy (non-hydrogen) atoms. The molecule has 0 atom stereocenters. The Labute approximate surface area is 164 Å². The lowest BCUT2D eigenvalue weighted by atomic mass is 10.2. The average molecular weight is 398 g/mol. The van der Waals surface area contributed by atoms with Gasteiger partial charge in [0, 0.05) is 24.2 Å². The Hall–Kier alpha value is -2.64. The van der Waals surface area contributed by atoms with E-state index in [4.69, 9.17) is 4.42 Å². The number of nitrogens with zero attached hydrogens (tertiary/aromatic N) is 1. The van der Waals surface area contributed by atoms with Crippen LogP contribution < -0.4 is 5.32 Å². The standard InChI is InChI=1S/C21H22N2O4S/c1-15-9-10-17(14-20(15)28(25,26)23-11-5-2-6-12-23)22-21(24)19-13-16-7-3-4-8-18(16)27-19/h3-4,7-10,13-14H,2,5-6,11-12H2,1H3,(H,22,24). The number of para-hydroxylation sites is 1. The van der Waals surface area contributed by atoms with Gasteiger partial charge in [-0.15, -0.1) is 0 Å². The number of hydrogen-bond donors (Lipinski definition) is 1. The predicted molar refractivity (Wildman–Crippen MR) is 108 cm³/mol. The van der Waals surface area contributed by atoms with Crippen molar-refractivity contribution in [3.63, 3.8) is 0 Å². The zero-order chi connectivity index (χ0) is 19.7. The molecule has 0 unspecified atom stereocenters. The number of anilines is 1. The average Bonchev–Trinajstić information content (AvgIpc) is 3.14. The van der Waals surface area contributed by atoms with Crippen molar-refractivity contribution in [2.24, 2.45) is 0 Å². The molecule has 6 nitrogen and oxygen atoms in total. The highest BCUT2D eigenvalue weighted by Crippen LogP contribution is 2.27. The van der Waals surface area contributed by atoms with E-state index in [0.29, 0.717) is 29.9 Å². The smallest absolute Gasteiger partial charge is 0.291 e. The number of benzene rings is 2. The van der Waals surface area contributed by atoms with Gasteiger partial charge in [0.05, 0.1) is 4.90 Å². The second-order valence-corrected chi connectivity index (χ2v) is 8.95. The first-order chi connectivity index (χ1) is 13.4. The van der Waals surface area contributed by atoms with Crippen LogP contribution in [0.2, 0.25) is 0 Å². The van der Waals surface area contributed by atoms with E-state index in [1.54, 1.807) is 31.2 Å². The van der Waals surface area contributed by atoms with E-state index in [1.165, 1.54) is 10.4 Å². The molecule has 1 aliphatic rings. The van der Waals surface area contributed by atoms with Crippen molar-refractivity contribution in [2.75, 3.05) is 18.4 Å². The fourth-order valence-corrected chi connectivity index (χ4v) is 5.25. The fraction of sp³-hybridized carbons (Fsp3) is 0.286. The summed E-state index contributed by atoms with van der Waals surface area (Å²) in [6.07, 6.45) is 2.81. The molecular formula is C21H22N2O4S. The highest BCUT2D eigenvalue weighted by Gasteiger charge is 2.27. The molecule has 146 valence electrons. The second kappa shape index (κ2) is 7.41. The maximum Gasteiger partial charge on any atom is 0.291 e. The third kappa shape index (κ3) is 3.55.